The van der Waals surface area contributed by atoms with Crippen molar-refractivity contribution in [3.63, 3.8) is 0 Å². The lowest BCUT2D eigenvalue weighted by Crippen LogP contribution is -2.48. The summed E-state index contributed by atoms with van der Waals surface area (Å²) in [6.45, 7) is 2.76. The highest BCUT2D eigenvalue weighted by molar-refractivity contribution is 7.18. The van der Waals surface area contributed by atoms with Gasteiger partial charge in [0.1, 0.15) is 0 Å². The molecule has 0 bridgehead atoms. The first-order valence-electron chi connectivity index (χ1n) is 8.10. The number of Topliss-reactive ketones (excluding diaryl/α,β-unsaturated/α-hetero) is 1. The van der Waals surface area contributed by atoms with E-state index in [9.17, 15) is 9.59 Å². The van der Waals surface area contributed by atoms with E-state index in [0.29, 0.717) is 22.3 Å². The molecular formula is C18H18Cl2N2O2S. The number of thiophene rings is 1. The molecule has 1 aliphatic heterocycles. The summed E-state index contributed by atoms with van der Waals surface area (Å²) in [5.74, 6) is -0.00485. The fourth-order valence-corrected chi connectivity index (χ4v) is 4.14. The largest absolute Gasteiger partial charge is 0.367 e. The van der Waals surface area contributed by atoms with E-state index >= 15 is 0 Å². The normalized spacial score (nSPS) is 14.6. The third-order valence-electron chi connectivity index (χ3n) is 4.24. The van der Waals surface area contributed by atoms with E-state index in [1.54, 1.807) is 12.1 Å². The third kappa shape index (κ3) is 4.54. The molecule has 1 amide bonds. The first-order valence-corrected chi connectivity index (χ1v) is 9.67. The molecule has 1 aliphatic rings. The van der Waals surface area contributed by atoms with E-state index in [0.717, 1.165) is 23.8 Å². The third-order valence-corrected chi connectivity index (χ3v) is 5.83. The predicted octanol–water partition coefficient (Wildman–Crippen LogP) is 4.37. The summed E-state index contributed by atoms with van der Waals surface area (Å²) in [5, 5.41) is 0.725. The van der Waals surface area contributed by atoms with E-state index in [-0.39, 0.29) is 24.5 Å². The Morgan fingerprint density at radius 2 is 1.68 bits per heavy atom. The number of hydrogen-bond acceptors (Lipinski definition) is 4. The number of amides is 1. The minimum absolute atomic E-state index is 0.0230. The molecule has 7 heteroatoms. The molecular weight excluding hydrogens is 379 g/mol. The van der Waals surface area contributed by atoms with Gasteiger partial charge >= 0.3 is 0 Å². The molecule has 1 aromatic carbocycles. The molecule has 1 fully saturated rings. The van der Waals surface area contributed by atoms with Crippen LogP contribution in [0.2, 0.25) is 9.36 Å². The molecule has 1 aromatic heterocycles. The Kier molecular flexibility index (Phi) is 5.99. The molecule has 0 spiro atoms. The number of piperazine rings is 1. The number of carbonyl (C=O) groups excluding carboxylic acids is 2. The van der Waals surface area contributed by atoms with Gasteiger partial charge in [-0.05, 0) is 24.3 Å². The molecule has 0 unspecified atom stereocenters. The average Bonchev–Trinajstić information content (AvgIpc) is 3.06. The first-order chi connectivity index (χ1) is 12.0. The van der Waals surface area contributed by atoms with Gasteiger partial charge in [0.05, 0.1) is 19.9 Å². The van der Waals surface area contributed by atoms with Gasteiger partial charge in [0.2, 0.25) is 5.91 Å². The standard InChI is InChI=1S/C18H18Cl2N2O2S/c19-13-3-1-2-4-14(13)21-9-11-22(12-10-21)18(24)8-5-15(23)16-6-7-17(20)25-16/h1-4,6-7H,5,8-12H2. The second kappa shape index (κ2) is 8.21. The number of anilines is 1. The van der Waals surface area contributed by atoms with Crippen molar-refractivity contribution < 1.29 is 9.59 Å². The van der Waals surface area contributed by atoms with Gasteiger partial charge in [0.25, 0.3) is 0 Å². The van der Waals surface area contributed by atoms with Crippen molar-refractivity contribution in [3.8, 4) is 0 Å². The summed E-state index contributed by atoms with van der Waals surface area (Å²) in [6.07, 6.45) is 0.459. The number of rotatable bonds is 5. The van der Waals surface area contributed by atoms with Crippen LogP contribution in [0.3, 0.4) is 0 Å². The van der Waals surface area contributed by atoms with Gasteiger partial charge in [0, 0.05) is 39.0 Å². The molecule has 0 aliphatic carbocycles. The van der Waals surface area contributed by atoms with Crippen LogP contribution in [-0.2, 0) is 4.79 Å². The van der Waals surface area contributed by atoms with Crippen LogP contribution in [0.25, 0.3) is 0 Å². The second-order valence-corrected chi connectivity index (χ2v) is 7.97. The van der Waals surface area contributed by atoms with E-state index < -0.39 is 0 Å². The summed E-state index contributed by atoms with van der Waals surface area (Å²) >= 11 is 13.3. The van der Waals surface area contributed by atoms with Crippen LogP contribution in [-0.4, -0.2) is 42.8 Å². The van der Waals surface area contributed by atoms with Crippen molar-refractivity contribution in [1.82, 2.24) is 4.90 Å². The van der Waals surface area contributed by atoms with Crippen molar-refractivity contribution in [2.45, 2.75) is 12.8 Å². The SMILES string of the molecule is O=C(CCC(=O)N1CCN(c2ccccc2Cl)CC1)c1ccc(Cl)s1. The van der Waals surface area contributed by atoms with Gasteiger partial charge in [-0.2, -0.15) is 0 Å². The quantitative estimate of drug-likeness (QED) is 0.704. The molecule has 0 atom stereocenters. The zero-order valence-electron chi connectivity index (χ0n) is 13.6. The maximum Gasteiger partial charge on any atom is 0.223 e. The fourth-order valence-electron chi connectivity index (χ4n) is 2.87. The molecule has 132 valence electrons. The molecule has 0 saturated carbocycles. The van der Waals surface area contributed by atoms with Crippen molar-refractivity contribution in [3.05, 3.63) is 50.6 Å². The fraction of sp³-hybridized carbons (Fsp3) is 0.333. The van der Waals surface area contributed by atoms with Crippen LogP contribution in [0.4, 0.5) is 5.69 Å². The summed E-state index contributed by atoms with van der Waals surface area (Å²) in [4.78, 5) is 29.1. The number of ketones is 1. The summed E-state index contributed by atoms with van der Waals surface area (Å²) in [5.41, 5.74) is 1.00. The molecule has 4 nitrogen and oxygen atoms in total. The van der Waals surface area contributed by atoms with Crippen molar-refractivity contribution in [1.29, 1.82) is 0 Å². The molecule has 1 saturated heterocycles. The van der Waals surface area contributed by atoms with Gasteiger partial charge < -0.3 is 9.80 Å². The first kappa shape index (κ1) is 18.2. The lowest BCUT2D eigenvalue weighted by molar-refractivity contribution is -0.131. The highest BCUT2D eigenvalue weighted by Gasteiger charge is 2.23. The monoisotopic (exact) mass is 396 g/mol. The summed E-state index contributed by atoms with van der Waals surface area (Å²) < 4.78 is 0.588. The second-order valence-electron chi connectivity index (χ2n) is 5.85. The predicted molar refractivity (Wildman–Crippen MR) is 103 cm³/mol. The Balaban J connectivity index is 1.48. The Labute approximate surface area is 160 Å². The van der Waals surface area contributed by atoms with Gasteiger partial charge in [-0.25, -0.2) is 0 Å². The maximum atomic E-state index is 12.4. The minimum Gasteiger partial charge on any atom is -0.367 e. The Morgan fingerprint density at radius 3 is 2.32 bits per heavy atom. The van der Waals surface area contributed by atoms with Gasteiger partial charge in [-0.3, -0.25) is 9.59 Å². The minimum atomic E-state index is -0.0278. The number of nitrogens with zero attached hydrogens (tertiary/aromatic N) is 2. The van der Waals surface area contributed by atoms with Crippen LogP contribution >= 0.6 is 34.5 Å². The Bertz CT molecular complexity index is 770. The lowest BCUT2D eigenvalue weighted by atomic mass is 10.1. The van der Waals surface area contributed by atoms with Crippen molar-refractivity contribution in [2.75, 3.05) is 31.1 Å². The number of hydrogen-bond donors (Lipinski definition) is 0. The summed E-state index contributed by atoms with van der Waals surface area (Å²) in [6, 6.07) is 11.1. The zero-order chi connectivity index (χ0) is 17.8. The van der Waals surface area contributed by atoms with Crippen molar-refractivity contribution in [2.24, 2.45) is 0 Å². The molecule has 2 heterocycles. The number of para-hydroxylation sites is 1. The average molecular weight is 397 g/mol. The molecule has 2 aromatic rings. The highest BCUT2D eigenvalue weighted by Crippen LogP contribution is 2.26. The van der Waals surface area contributed by atoms with Gasteiger partial charge in [-0.15, -0.1) is 11.3 Å². The Morgan fingerprint density at radius 1 is 0.960 bits per heavy atom. The van der Waals surface area contributed by atoms with Crippen LogP contribution in [0.5, 0.6) is 0 Å². The zero-order valence-corrected chi connectivity index (χ0v) is 15.9. The summed E-state index contributed by atoms with van der Waals surface area (Å²) in [7, 11) is 0. The Hall–Kier alpha value is -1.56. The molecule has 25 heavy (non-hydrogen) atoms. The topological polar surface area (TPSA) is 40.6 Å². The van der Waals surface area contributed by atoms with Gasteiger partial charge in [-0.1, -0.05) is 35.3 Å². The molecule has 3 rings (SSSR count). The molecule has 0 radical (unpaired) electrons. The van der Waals surface area contributed by atoms with Crippen LogP contribution in [0, 0.1) is 0 Å². The van der Waals surface area contributed by atoms with E-state index in [1.807, 2.05) is 29.2 Å². The molecule has 0 N–H and O–H groups in total. The van der Waals surface area contributed by atoms with E-state index in [2.05, 4.69) is 4.90 Å². The number of benzene rings is 1. The van der Waals surface area contributed by atoms with Crippen molar-refractivity contribution >= 4 is 51.9 Å². The van der Waals surface area contributed by atoms with Gasteiger partial charge in [0.15, 0.2) is 5.78 Å². The van der Waals surface area contributed by atoms with Crippen LogP contribution in [0.15, 0.2) is 36.4 Å². The van der Waals surface area contributed by atoms with E-state index in [4.69, 9.17) is 23.2 Å². The number of halogens is 2. The van der Waals surface area contributed by atoms with Crippen LogP contribution in [0.1, 0.15) is 22.5 Å². The lowest BCUT2D eigenvalue weighted by Gasteiger charge is -2.36. The van der Waals surface area contributed by atoms with Crippen LogP contribution < -0.4 is 4.90 Å². The maximum absolute atomic E-state index is 12.4. The highest BCUT2D eigenvalue weighted by atomic mass is 35.5. The number of carbonyl (C=O) groups is 2. The smallest absolute Gasteiger partial charge is 0.223 e. The van der Waals surface area contributed by atoms with E-state index in [1.165, 1.54) is 11.3 Å².